The molecule has 1 atom stereocenters. The average molecular weight is 263 g/mol. The van der Waals surface area contributed by atoms with Crippen molar-refractivity contribution >= 4 is 5.91 Å². The third-order valence-corrected chi connectivity index (χ3v) is 3.63. The number of benzene rings is 1. The first kappa shape index (κ1) is 14.0. The number of hydrogen-bond donors (Lipinski definition) is 2. The Balaban J connectivity index is 1.85. The molecule has 0 aromatic heterocycles. The first-order valence-electron chi connectivity index (χ1n) is 6.61. The molecule has 1 saturated heterocycles. The summed E-state index contributed by atoms with van der Waals surface area (Å²) < 4.78 is 5.14. The number of hydrogen-bond acceptors (Lipinski definition) is 3. The zero-order valence-corrected chi connectivity index (χ0v) is 11.5. The maximum absolute atomic E-state index is 11.8. The Morgan fingerprint density at radius 3 is 2.84 bits per heavy atom. The zero-order chi connectivity index (χ0) is 13.9. The predicted octanol–water partition coefficient (Wildman–Crippen LogP) is 1.11. The molecule has 19 heavy (non-hydrogen) atoms. The molecule has 1 aromatic rings. The van der Waals surface area contributed by atoms with Crippen molar-refractivity contribution in [2.75, 3.05) is 19.8 Å². The van der Waals surface area contributed by atoms with Gasteiger partial charge in [0.1, 0.15) is 5.60 Å². The van der Waals surface area contributed by atoms with Crippen molar-refractivity contribution in [3.63, 3.8) is 0 Å². The Kier molecular flexibility index (Phi) is 4.22. The molecule has 1 fully saturated rings. The highest BCUT2D eigenvalue weighted by Gasteiger charge is 2.32. The van der Waals surface area contributed by atoms with Crippen molar-refractivity contribution < 1.29 is 14.6 Å². The molecule has 1 aliphatic rings. The van der Waals surface area contributed by atoms with E-state index in [0.717, 1.165) is 5.56 Å². The Bertz CT molecular complexity index is 464. The van der Waals surface area contributed by atoms with Gasteiger partial charge in [0, 0.05) is 19.6 Å². The second-order valence-electron chi connectivity index (χ2n) is 5.40. The van der Waals surface area contributed by atoms with E-state index in [1.807, 2.05) is 25.1 Å². The summed E-state index contributed by atoms with van der Waals surface area (Å²) in [4.78, 5) is 11.8. The summed E-state index contributed by atoms with van der Waals surface area (Å²) in [6, 6.07) is 6.02. The molecule has 0 aliphatic carbocycles. The lowest BCUT2D eigenvalue weighted by Gasteiger charge is -2.20. The van der Waals surface area contributed by atoms with Gasteiger partial charge in [0.25, 0.3) is 0 Å². The van der Waals surface area contributed by atoms with Gasteiger partial charge in [-0.05, 0) is 30.5 Å². The van der Waals surface area contributed by atoms with Gasteiger partial charge in [-0.25, -0.2) is 0 Å². The van der Waals surface area contributed by atoms with Crippen LogP contribution in [0.3, 0.4) is 0 Å². The van der Waals surface area contributed by atoms with E-state index in [-0.39, 0.29) is 12.5 Å². The van der Waals surface area contributed by atoms with Gasteiger partial charge in [-0.2, -0.15) is 0 Å². The van der Waals surface area contributed by atoms with Gasteiger partial charge in [-0.1, -0.05) is 18.2 Å². The minimum absolute atomic E-state index is 0.0661. The minimum Gasteiger partial charge on any atom is -0.386 e. The van der Waals surface area contributed by atoms with Gasteiger partial charge >= 0.3 is 0 Å². The molecule has 0 spiro atoms. The lowest BCUT2D eigenvalue weighted by atomic mass is 10.0. The number of amides is 1. The van der Waals surface area contributed by atoms with Gasteiger partial charge in [0.2, 0.25) is 5.91 Å². The van der Waals surface area contributed by atoms with Crippen LogP contribution in [0.5, 0.6) is 0 Å². The van der Waals surface area contributed by atoms with Gasteiger partial charge in [0.05, 0.1) is 13.0 Å². The van der Waals surface area contributed by atoms with Crippen molar-refractivity contribution in [3.05, 3.63) is 34.9 Å². The van der Waals surface area contributed by atoms with Gasteiger partial charge in [-0.3, -0.25) is 4.79 Å². The highest BCUT2D eigenvalue weighted by molar-refractivity contribution is 5.78. The highest BCUT2D eigenvalue weighted by atomic mass is 16.5. The lowest BCUT2D eigenvalue weighted by Crippen LogP contribution is -2.43. The molecular weight excluding hydrogens is 242 g/mol. The predicted molar refractivity (Wildman–Crippen MR) is 73.0 cm³/mol. The number of aliphatic hydroxyl groups is 1. The average Bonchev–Trinajstić information content (AvgIpc) is 2.79. The van der Waals surface area contributed by atoms with E-state index in [1.165, 1.54) is 11.1 Å². The molecule has 4 heteroatoms. The summed E-state index contributed by atoms with van der Waals surface area (Å²) in [5.74, 6) is -0.0661. The maximum atomic E-state index is 11.8. The maximum Gasteiger partial charge on any atom is 0.224 e. The summed E-state index contributed by atoms with van der Waals surface area (Å²) in [6.07, 6.45) is 0.926. The molecule has 1 aliphatic heterocycles. The van der Waals surface area contributed by atoms with E-state index in [1.54, 1.807) is 0 Å². The van der Waals surface area contributed by atoms with E-state index >= 15 is 0 Å². The fourth-order valence-corrected chi connectivity index (χ4v) is 2.16. The van der Waals surface area contributed by atoms with E-state index in [2.05, 4.69) is 12.2 Å². The second-order valence-corrected chi connectivity index (χ2v) is 5.40. The summed E-state index contributed by atoms with van der Waals surface area (Å²) in [7, 11) is 0. The van der Waals surface area contributed by atoms with Gasteiger partial charge in [0.15, 0.2) is 0 Å². The van der Waals surface area contributed by atoms with Crippen molar-refractivity contribution in [2.24, 2.45) is 0 Å². The number of carbonyl (C=O) groups is 1. The number of aryl methyl sites for hydroxylation is 2. The fourth-order valence-electron chi connectivity index (χ4n) is 2.16. The fraction of sp³-hybridized carbons (Fsp3) is 0.533. The SMILES string of the molecule is Cc1ccc(CC(=O)NCC2(O)CCOC2)cc1C. The lowest BCUT2D eigenvalue weighted by molar-refractivity contribution is -0.121. The molecule has 0 bridgehead atoms. The molecule has 0 saturated carbocycles. The quantitative estimate of drug-likeness (QED) is 0.855. The molecule has 4 nitrogen and oxygen atoms in total. The third kappa shape index (κ3) is 3.78. The van der Waals surface area contributed by atoms with Gasteiger partial charge in [-0.15, -0.1) is 0 Å². The second kappa shape index (κ2) is 5.72. The van der Waals surface area contributed by atoms with Crippen molar-refractivity contribution in [1.82, 2.24) is 5.32 Å². The molecule has 2 N–H and O–H groups in total. The summed E-state index contributed by atoms with van der Waals surface area (Å²) in [6.45, 7) is 5.21. The van der Waals surface area contributed by atoms with E-state index < -0.39 is 5.60 Å². The van der Waals surface area contributed by atoms with Crippen LogP contribution < -0.4 is 5.32 Å². The summed E-state index contributed by atoms with van der Waals surface area (Å²) in [5, 5.41) is 12.8. The highest BCUT2D eigenvalue weighted by Crippen LogP contribution is 2.17. The molecule has 104 valence electrons. The molecule has 1 aromatic carbocycles. The van der Waals surface area contributed by atoms with Crippen LogP contribution in [-0.4, -0.2) is 36.4 Å². The third-order valence-electron chi connectivity index (χ3n) is 3.63. The van der Waals surface area contributed by atoms with Crippen LogP contribution in [0.1, 0.15) is 23.1 Å². The van der Waals surface area contributed by atoms with Crippen LogP contribution in [-0.2, 0) is 16.0 Å². The normalized spacial score (nSPS) is 22.5. The Labute approximate surface area is 113 Å². The number of ether oxygens (including phenoxy) is 1. The van der Waals surface area contributed by atoms with Crippen LogP contribution in [0.25, 0.3) is 0 Å². The van der Waals surface area contributed by atoms with Crippen molar-refractivity contribution in [2.45, 2.75) is 32.3 Å². The summed E-state index contributed by atoms with van der Waals surface area (Å²) in [5.41, 5.74) is 2.52. The first-order chi connectivity index (χ1) is 8.98. The van der Waals surface area contributed by atoms with Crippen molar-refractivity contribution in [1.29, 1.82) is 0 Å². The standard InChI is InChI=1S/C15H21NO3/c1-11-3-4-13(7-12(11)2)8-14(17)16-9-15(18)5-6-19-10-15/h3-4,7,18H,5-6,8-10H2,1-2H3,(H,16,17). The van der Waals surface area contributed by atoms with E-state index in [4.69, 9.17) is 4.74 Å². The smallest absolute Gasteiger partial charge is 0.224 e. The molecule has 1 amide bonds. The Hall–Kier alpha value is -1.39. The molecule has 1 heterocycles. The Morgan fingerprint density at radius 1 is 1.42 bits per heavy atom. The van der Waals surface area contributed by atoms with Crippen LogP contribution >= 0.6 is 0 Å². The number of rotatable bonds is 4. The molecule has 1 unspecified atom stereocenters. The number of nitrogens with one attached hydrogen (secondary N) is 1. The summed E-state index contributed by atoms with van der Waals surface area (Å²) >= 11 is 0. The van der Waals surface area contributed by atoms with Crippen LogP contribution in [0.15, 0.2) is 18.2 Å². The molecule has 2 rings (SSSR count). The van der Waals surface area contributed by atoms with Crippen LogP contribution in [0.4, 0.5) is 0 Å². The minimum atomic E-state index is -0.890. The van der Waals surface area contributed by atoms with Gasteiger partial charge < -0.3 is 15.2 Å². The van der Waals surface area contributed by atoms with Crippen molar-refractivity contribution in [3.8, 4) is 0 Å². The Morgan fingerprint density at radius 2 is 2.21 bits per heavy atom. The van der Waals surface area contributed by atoms with Crippen LogP contribution in [0.2, 0.25) is 0 Å². The molecule has 0 radical (unpaired) electrons. The van der Waals surface area contributed by atoms with E-state index in [0.29, 0.717) is 26.1 Å². The number of carbonyl (C=O) groups excluding carboxylic acids is 1. The zero-order valence-electron chi connectivity index (χ0n) is 11.5. The monoisotopic (exact) mass is 263 g/mol. The van der Waals surface area contributed by atoms with E-state index in [9.17, 15) is 9.90 Å². The molecular formula is C15H21NO3. The van der Waals surface area contributed by atoms with Crippen LogP contribution in [0, 0.1) is 13.8 Å². The largest absolute Gasteiger partial charge is 0.386 e. The topological polar surface area (TPSA) is 58.6 Å². The first-order valence-corrected chi connectivity index (χ1v) is 6.61.